The van der Waals surface area contributed by atoms with Gasteiger partial charge in [-0.3, -0.25) is 4.79 Å². The normalized spacial score (nSPS) is 17.5. The molecule has 1 aliphatic rings. The molecule has 2 heterocycles. The summed E-state index contributed by atoms with van der Waals surface area (Å²) in [5.74, 6) is 0.805. The van der Waals surface area contributed by atoms with Crippen LogP contribution in [0.25, 0.3) is 11.5 Å². The molecule has 1 aromatic heterocycles. The van der Waals surface area contributed by atoms with Crippen molar-refractivity contribution in [1.29, 1.82) is 0 Å². The SMILES string of the molecule is CCOCC1CCCN(C(=O)Cc2nc(-c3ccccc3F)oc2C)C1. The lowest BCUT2D eigenvalue weighted by Crippen LogP contribution is -2.42. The first-order valence-corrected chi connectivity index (χ1v) is 9.15. The molecule has 1 saturated heterocycles. The third kappa shape index (κ3) is 4.30. The molecule has 5 nitrogen and oxygen atoms in total. The summed E-state index contributed by atoms with van der Waals surface area (Å²) in [6.07, 6.45) is 2.25. The van der Waals surface area contributed by atoms with Crippen molar-refractivity contribution >= 4 is 5.91 Å². The van der Waals surface area contributed by atoms with Crippen LogP contribution in [0.5, 0.6) is 0 Å². The molecule has 3 rings (SSSR count). The first kappa shape index (κ1) is 18.6. The predicted octanol–water partition coefficient (Wildman–Crippen LogP) is 3.61. The number of rotatable bonds is 6. The Morgan fingerprint density at radius 2 is 2.23 bits per heavy atom. The molecule has 6 heteroatoms. The van der Waals surface area contributed by atoms with E-state index in [1.165, 1.54) is 6.07 Å². The highest BCUT2D eigenvalue weighted by atomic mass is 19.1. The third-order valence-electron chi connectivity index (χ3n) is 4.74. The second-order valence-corrected chi connectivity index (χ2v) is 6.69. The van der Waals surface area contributed by atoms with E-state index < -0.39 is 0 Å². The van der Waals surface area contributed by atoms with Crippen LogP contribution in [0.1, 0.15) is 31.2 Å². The molecule has 26 heavy (non-hydrogen) atoms. The molecule has 0 spiro atoms. The molecule has 1 aromatic carbocycles. The molecule has 140 valence electrons. The molecule has 2 aromatic rings. The summed E-state index contributed by atoms with van der Waals surface area (Å²) in [5, 5.41) is 0. The van der Waals surface area contributed by atoms with E-state index in [0.717, 1.165) is 25.9 Å². The number of piperidine rings is 1. The molecule has 1 fully saturated rings. The number of carbonyl (C=O) groups excluding carboxylic acids is 1. The Bertz CT molecular complexity index is 759. The van der Waals surface area contributed by atoms with Crippen molar-refractivity contribution in [2.45, 2.75) is 33.1 Å². The zero-order valence-electron chi connectivity index (χ0n) is 15.3. The van der Waals surface area contributed by atoms with Gasteiger partial charge in [0.25, 0.3) is 0 Å². The minimum absolute atomic E-state index is 0.0303. The van der Waals surface area contributed by atoms with Crippen LogP contribution in [-0.2, 0) is 16.0 Å². The zero-order valence-corrected chi connectivity index (χ0v) is 15.3. The standard InChI is InChI=1S/C20H25FN2O3/c1-3-25-13-15-7-6-10-23(12-15)19(24)11-18-14(2)26-20(22-18)16-8-4-5-9-17(16)21/h4-5,8-9,15H,3,6-7,10-13H2,1-2H3. The summed E-state index contributed by atoms with van der Waals surface area (Å²) in [5.41, 5.74) is 0.879. The number of nitrogens with zero attached hydrogens (tertiary/aromatic N) is 2. The Morgan fingerprint density at radius 3 is 3.00 bits per heavy atom. The summed E-state index contributed by atoms with van der Waals surface area (Å²) in [4.78, 5) is 18.9. The van der Waals surface area contributed by atoms with E-state index in [9.17, 15) is 9.18 Å². The summed E-state index contributed by atoms with van der Waals surface area (Å²) in [6, 6.07) is 6.34. The quantitative estimate of drug-likeness (QED) is 0.790. The fourth-order valence-corrected chi connectivity index (χ4v) is 3.31. The van der Waals surface area contributed by atoms with Crippen LogP contribution >= 0.6 is 0 Å². The van der Waals surface area contributed by atoms with Gasteiger partial charge in [-0.15, -0.1) is 0 Å². The number of hydrogen-bond donors (Lipinski definition) is 0. The van der Waals surface area contributed by atoms with Crippen LogP contribution in [0, 0.1) is 18.7 Å². The van der Waals surface area contributed by atoms with Gasteiger partial charge in [-0.1, -0.05) is 12.1 Å². The summed E-state index contributed by atoms with van der Waals surface area (Å²) in [7, 11) is 0. The van der Waals surface area contributed by atoms with Crippen molar-refractivity contribution in [3.8, 4) is 11.5 Å². The molecule has 0 N–H and O–H groups in total. The first-order valence-electron chi connectivity index (χ1n) is 9.15. The Balaban J connectivity index is 1.67. The number of hydrogen-bond acceptors (Lipinski definition) is 4. The second kappa shape index (κ2) is 8.45. The van der Waals surface area contributed by atoms with Gasteiger partial charge < -0.3 is 14.1 Å². The van der Waals surface area contributed by atoms with Gasteiger partial charge in [0.1, 0.15) is 11.6 Å². The molecule has 0 aliphatic carbocycles. The molecular formula is C20H25FN2O3. The maximum atomic E-state index is 13.9. The van der Waals surface area contributed by atoms with E-state index in [-0.39, 0.29) is 24.0 Å². The van der Waals surface area contributed by atoms with Crippen LogP contribution in [0.3, 0.4) is 0 Å². The summed E-state index contributed by atoms with van der Waals surface area (Å²) in [6.45, 7) is 6.61. The lowest BCUT2D eigenvalue weighted by molar-refractivity contribution is -0.132. The minimum atomic E-state index is -0.388. The van der Waals surface area contributed by atoms with Gasteiger partial charge in [0.15, 0.2) is 0 Å². The van der Waals surface area contributed by atoms with E-state index in [4.69, 9.17) is 9.15 Å². The minimum Gasteiger partial charge on any atom is -0.441 e. The number of benzene rings is 1. The Hall–Kier alpha value is -2.21. The average molecular weight is 360 g/mol. The average Bonchev–Trinajstić information content (AvgIpc) is 3.01. The van der Waals surface area contributed by atoms with E-state index >= 15 is 0 Å². The summed E-state index contributed by atoms with van der Waals surface area (Å²) >= 11 is 0. The lowest BCUT2D eigenvalue weighted by atomic mass is 9.98. The number of aryl methyl sites for hydroxylation is 1. The van der Waals surface area contributed by atoms with Crippen molar-refractivity contribution in [3.63, 3.8) is 0 Å². The maximum Gasteiger partial charge on any atom is 0.229 e. The van der Waals surface area contributed by atoms with Gasteiger partial charge in [-0.25, -0.2) is 9.37 Å². The number of halogens is 1. The number of ether oxygens (including phenoxy) is 1. The largest absolute Gasteiger partial charge is 0.441 e. The zero-order chi connectivity index (χ0) is 18.5. The molecular weight excluding hydrogens is 335 g/mol. The van der Waals surface area contributed by atoms with Crippen LogP contribution < -0.4 is 0 Å². The van der Waals surface area contributed by atoms with Gasteiger partial charge in [0.05, 0.1) is 24.3 Å². The number of oxazole rings is 1. The first-order chi connectivity index (χ1) is 12.6. The van der Waals surface area contributed by atoms with Gasteiger partial charge in [0, 0.05) is 19.7 Å². The Labute approximate surface area is 153 Å². The smallest absolute Gasteiger partial charge is 0.229 e. The topological polar surface area (TPSA) is 55.6 Å². The number of amides is 1. The molecule has 1 unspecified atom stereocenters. The molecule has 1 atom stereocenters. The highest BCUT2D eigenvalue weighted by Crippen LogP contribution is 2.25. The second-order valence-electron chi connectivity index (χ2n) is 6.69. The monoisotopic (exact) mass is 360 g/mol. The molecule has 0 saturated carbocycles. The van der Waals surface area contributed by atoms with Crippen LogP contribution in [0.15, 0.2) is 28.7 Å². The fourth-order valence-electron chi connectivity index (χ4n) is 3.31. The van der Waals surface area contributed by atoms with Crippen LogP contribution in [0.4, 0.5) is 4.39 Å². The summed E-state index contributed by atoms with van der Waals surface area (Å²) < 4.78 is 25.0. The molecule has 1 aliphatic heterocycles. The van der Waals surface area contributed by atoms with Gasteiger partial charge in [-0.2, -0.15) is 0 Å². The van der Waals surface area contributed by atoms with Crippen molar-refractivity contribution in [2.75, 3.05) is 26.3 Å². The highest BCUT2D eigenvalue weighted by molar-refractivity contribution is 5.78. The third-order valence-corrected chi connectivity index (χ3v) is 4.74. The Kier molecular flexibility index (Phi) is 6.04. The number of aromatic nitrogens is 1. The number of carbonyl (C=O) groups is 1. The van der Waals surface area contributed by atoms with E-state index in [1.807, 2.05) is 11.8 Å². The van der Waals surface area contributed by atoms with Gasteiger partial charge in [0.2, 0.25) is 11.8 Å². The van der Waals surface area contributed by atoms with E-state index in [2.05, 4.69) is 4.98 Å². The van der Waals surface area contributed by atoms with Crippen LogP contribution in [-0.4, -0.2) is 42.1 Å². The Morgan fingerprint density at radius 1 is 1.42 bits per heavy atom. The maximum absolute atomic E-state index is 13.9. The lowest BCUT2D eigenvalue weighted by Gasteiger charge is -2.32. The molecule has 0 radical (unpaired) electrons. The van der Waals surface area contributed by atoms with E-state index in [0.29, 0.717) is 36.1 Å². The van der Waals surface area contributed by atoms with Crippen molar-refractivity contribution < 1.29 is 18.3 Å². The molecule has 1 amide bonds. The highest BCUT2D eigenvalue weighted by Gasteiger charge is 2.25. The molecule has 0 bridgehead atoms. The van der Waals surface area contributed by atoms with Gasteiger partial charge >= 0.3 is 0 Å². The van der Waals surface area contributed by atoms with Crippen molar-refractivity contribution in [1.82, 2.24) is 9.88 Å². The number of likely N-dealkylation sites (tertiary alicyclic amines) is 1. The predicted molar refractivity (Wildman–Crippen MR) is 96.1 cm³/mol. The van der Waals surface area contributed by atoms with E-state index in [1.54, 1.807) is 25.1 Å². The van der Waals surface area contributed by atoms with Gasteiger partial charge in [-0.05, 0) is 44.7 Å². The van der Waals surface area contributed by atoms with Crippen LogP contribution in [0.2, 0.25) is 0 Å². The fraction of sp³-hybridized carbons (Fsp3) is 0.500. The van der Waals surface area contributed by atoms with Crippen molar-refractivity contribution in [3.05, 3.63) is 41.5 Å². The van der Waals surface area contributed by atoms with Crippen molar-refractivity contribution in [2.24, 2.45) is 5.92 Å².